The number of hydrogen-bond acceptors (Lipinski definition) is 3. The highest BCUT2D eigenvalue weighted by Crippen LogP contribution is 2.16. The Morgan fingerprint density at radius 2 is 1.85 bits per heavy atom. The van der Waals surface area contributed by atoms with Crippen LogP contribution in [0, 0.1) is 0 Å². The molecule has 0 bridgehead atoms. The van der Waals surface area contributed by atoms with Crippen LogP contribution in [-0.4, -0.2) is 26.1 Å². The minimum atomic E-state index is -2.58. The molecule has 0 radical (unpaired) electrons. The lowest BCUT2D eigenvalue weighted by atomic mass is 9.95. The minimum absolute atomic E-state index is 0.205. The van der Waals surface area contributed by atoms with E-state index in [0.29, 0.717) is 0 Å². The van der Waals surface area contributed by atoms with Gasteiger partial charge in [-0.2, -0.15) is 0 Å². The first-order valence-corrected chi connectivity index (χ1v) is 5.96. The molecule has 13 heavy (non-hydrogen) atoms. The Labute approximate surface area is 79.7 Å². The summed E-state index contributed by atoms with van der Waals surface area (Å²) in [6.45, 7) is 0. The van der Waals surface area contributed by atoms with Gasteiger partial charge in [0.25, 0.3) is 0 Å². The van der Waals surface area contributed by atoms with Gasteiger partial charge < -0.3 is 5.32 Å². The van der Waals surface area contributed by atoms with Crippen molar-refractivity contribution in [3.05, 3.63) is 0 Å². The van der Waals surface area contributed by atoms with Crippen LogP contribution in [0.1, 0.15) is 32.1 Å². The second-order valence-corrected chi connectivity index (χ2v) is 4.37. The quantitative estimate of drug-likeness (QED) is 0.640. The van der Waals surface area contributed by atoms with Crippen LogP contribution in [0.25, 0.3) is 0 Å². The summed E-state index contributed by atoms with van der Waals surface area (Å²) in [5.74, 6) is -0.728. The van der Waals surface area contributed by atoms with Crippen molar-refractivity contribution >= 4 is 16.6 Å². The molecule has 1 saturated carbocycles. The highest BCUT2D eigenvalue weighted by Gasteiger charge is 2.15. The van der Waals surface area contributed by atoms with E-state index in [-0.39, 0.29) is 17.7 Å². The van der Waals surface area contributed by atoms with Gasteiger partial charge >= 0.3 is 0 Å². The average Bonchev–Trinajstić information content (AvgIpc) is 2.04. The largest absolute Gasteiger partial charge is 0.353 e. The molecular weight excluding hydrogens is 190 g/mol. The van der Waals surface area contributed by atoms with Gasteiger partial charge in [-0.15, -0.1) is 0 Å². The van der Waals surface area contributed by atoms with Crippen molar-refractivity contribution in [2.24, 2.45) is 0 Å². The molecule has 0 aromatic heterocycles. The Bertz CT molecular complexity index is 236. The van der Waals surface area contributed by atoms with Crippen LogP contribution in [0.15, 0.2) is 0 Å². The van der Waals surface area contributed by atoms with Crippen molar-refractivity contribution < 1.29 is 13.2 Å². The Kier molecular flexibility index (Phi) is 4.21. The first-order chi connectivity index (χ1) is 6.18. The second-order valence-electron chi connectivity index (χ2n) is 3.39. The smallest absolute Gasteiger partial charge is 0.235 e. The number of rotatable bonds is 3. The van der Waals surface area contributed by atoms with Crippen molar-refractivity contribution in [3.8, 4) is 0 Å². The van der Waals surface area contributed by atoms with Crippen molar-refractivity contribution in [1.82, 2.24) is 5.32 Å². The third-order valence-corrected chi connectivity index (χ3v) is 2.79. The van der Waals surface area contributed by atoms with Gasteiger partial charge in [0.15, 0.2) is 0 Å². The van der Waals surface area contributed by atoms with Crippen molar-refractivity contribution in [2.75, 3.05) is 5.75 Å². The van der Waals surface area contributed by atoms with Crippen LogP contribution in [0.4, 0.5) is 0 Å². The summed E-state index contributed by atoms with van der Waals surface area (Å²) in [5, 5.41) is 2.73. The number of nitrogens with one attached hydrogen (secondary N) is 1. The first kappa shape index (κ1) is 10.5. The molecule has 0 unspecified atom stereocenters. The van der Waals surface area contributed by atoms with E-state index in [9.17, 15) is 13.2 Å². The topological polar surface area (TPSA) is 63.2 Å². The lowest BCUT2D eigenvalue weighted by Crippen LogP contribution is -2.38. The van der Waals surface area contributed by atoms with Gasteiger partial charge in [0.05, 0.1) is 0 Å². The maximum atomic E-state index is 11.0. The van der Waals surface area contributed by atoms with Crippen LogP contribution >= 0.6 is 0 Å². The minimum Gasteiger partial charge on any atom is -0.353 e. The van der Waals surface area contributed by atoms with Gasteiger partial charge in [0.2, 0.25) is 5.91 Å². The zero-order valence-corrected chi connectivity index (χ0v) is 8.39. The van der Waals surface area contributed by atoms with Gasteiger partial charge in [0.1, 0.15) is 16.5 Å². The number of amides is 1. The fourth-order valence-corrected chi connectivity index (χ4v) is 1.96. The van der Waals surface area contributed by atoms with Crippen LogP contribution in [-0.2, 0) is 15.5 Å². The molecule has 1 aliphatic rings. The first-order valence-electron chi connectivity index (χ1n) is 4.59. The van der Waals surface area contributed by atoms with E-state index in [1.54, 1.807) is 0 Å². The van der Waals surface area contributed by atoms with Crippen LogP contribution in [0.3, 0.4) is 0 Å². The second kappa shape index (κ2) is 5.21. The Balaban J connectivity index is 2.26. The molecule has 1 N–H and O–H groups in total. The van der Waals surface area contributed by atoms with Crippen LogP contribution in [0.2, 0.25) is 0 Å². The maximum absolute atomic E-state index is 11.0. The van der Waals surface area contributed by atoms with Gasteiger partial charge in [-0.1, -0.05) is 19.3 Å². The molecule has 1 fully saturated rings. The van der Waals surface area contributed by atoms with Crippen molar-refractivity contribution in [3.63, 3.8) is 0 Å². The Morgan fingerprint density at radius 1 is 1.23 bits per heavy atom. The molecule has 1 rings (SSSR count). The number of hydrogen-bond donors (Lipinski definition) is 2. The molecule has 4 nitrogen and oxygen atoms in total. The van der Waals surface area contributed by atoms with Crippen LogP contribution in [0.5, 0.6) is 0 Å². The van der Waals surface area contributed by atoms with Gasteiger partial charge in [-0.25, -0.2) is 8.42 Å². The molecule has 76 valence electrons. The molecule has 0 spiro atoms. The molecule has 5 heteroatoms. The molecule has 1 amide bonds. The summed E-state index contributed by atoms with van der Waals surface area (Å²) in [4.78, 5) is 11.0. The highest BCUT2D eigenvalue weighted by atomic mass is 32.2. The zero-order valence-electron chi connectivity index (χ0n) is 7.49. The van der Waals surface area contributed by atoms with Gasteiger partial charge in [0, 0.05) is 6.04 Å². The number of carbonyl (C=O) groups is 1. The standard InChI is InChI=1S/C8H15NO3S/c10-8(6-13(11)12)9-7-4-2-1-3-5-7/h7,13H,1-6H2,(H,9,10). The molecule has 0 heterocycles. The van der Waals surface area contributed by atoms with Crippen molar-refractivity contribution in [2.45, 2.75) is 38.1 Å². The van der Waals surface area contributed by atoms with Gasteiger partial charge in [-0.3, -0.25) is 4.79 Å². The Morgan fingerprint density at radius 3 is 2.38 bits per heavy atom. The molecular formula is C8H15NO3S. The fourth-order valence-electron chi connectivity index (χ4n) is 1.64. The van der Waals surface area contributed by atoms with Gasteiger partial charge in [-0.05, 0) is 12.8 Å². The van der Waals surface area contributed by atoms with E-state index in [4.69, 9.17) is 0 Å². The summed E-state index contributed by atoms with van der Waals surface area (Å²) >= 11 is 0. The summed E-state index contributed by atoms with van der Waals surface area (Å²) < 4.78 is 20.5. The van der Waals surface area contributed by atoms with E-state index in [0.717, 1.165) is 25.7 Å². The summed E-state index contributed by atoms with van der Waals surface area (Å²) in [7, 11) is -2.58. The SMILES string of the molecule is O=C(C[SH](=O)=O)NC1CCCCC1. The number of carbonyl (C=O) groups excluding carboxylic acids is 1. The summed E-state index contributed by atoms with van der Waals surface area (Å²) in [6.07, 6.45) is 5.47. The predicted molar refractivity (Wildman–Crippen MR) is 50.2 cm³/mol. The van der Waals surface area contributed by atoms with Crippen molar-refractivity contribution in [1.29, 1.82) is 0 Å². The lowest BCUT2D eigenvalue weighted by Gasteiger charge is -2.22. The lowest BCUT2D eigenvalue weighted by molar-refractivity contribution is -0.119. The molecule has 0 aromatic rings. The third kappa shape index (κ3) is 4.26. The van der Waals surface area contributed by atoms with E-state index in [1.165, 1.54) is 6.42 Å². The average molecular weight is 205 g/mol. The Hall–Kier alpha value is -0.580. The highest BCUT2D eigenvalue weighted by molar-refractivity contribution is 7.73. The van der Waals surface area contributed by atoms with E-state index >= 15 is 0 Å². The molecule has 1 aliphatic carbocycles. The fraction of sp³-hybridized carbons (Fsp3) is 0.875. The molecule has 0 atom stereocenters. The van der Waals surface area contributed by atoms with E-state index in [1.807, 2.05) is 0 Å². The van der Waals surface area contributed by atoms with E-state index in [2.05, 4.69) is 5.32 Å². The summed E-state index contributed by atoms with van der Waals surface area (Å²) in [5.41, 5.74) is 0. The normalized spacial score (nSPS) is 18.8. The van der Waals surface area contributed by atoms with E-state index < -0.39 is 10.7 Å². The maximum Gasteiger partial charge on any atom is 0.235 e. The number of thiol groups is 1. The molecule has 0 saturated heterocycles. The summed E-state index contributed by atoms with van der Waals surface area (Å²) in [6, 6.07) is 0.205. The third-order valence-electron chi connectivity index (χ3n) is 2.24. The monoisotopic (exact) mass is 205 g/mol. The zero-order chi connectivity index (χ0) is 9.68. The predicted octanol–water partition coefficient (Wildman–Crippen LogP) is 0.0467. The molecule has 0 aliphatic heterocycles. The van der Waals surface area contributed by atoms with Crippen LogP contribution < -0.4 is 5.32 Å². The molecule has 0 aromatic carbocycles.